The molecule has 0 fully saturated rings. The number of amides is 2. The summed E-state index contributed by atoms with van der Waals surface area (Å²) in [6.07, 6.45) is 2.80. The molecule has 8 heteroatoms. The molecular weight excluding hydrogens is 450 g/mol. The topological polar surface area (TPSA) is 79.9 Å². The third-order valence-electron chi connectivity index (χ3n) is 5.65. The first-order valence-electron chi connectivity index (χ1n) is 10.9. The number of benzene rings is 3. The van der Waals surface area contributed by atoms with Crippen molar-refractivity contribution in [3.05, 3.63) is 78.4 Å². The Morgan fingerprint density at radius 2 is 1.82 bits per heavy atom. The molecule has 0 aromatic heterocycles. The van der Waals surface area contributed by atoms with E-state index in [1.165, 1.54) is 11.8 Å². The van der Waals surface area contributed by atoms with Crippen LogP contribution in [0.2, 0.25) is 0 Å². The van der Waals surface area contributed by atoms with E-state index in [-0.39, 0.29) is 17.3 Å². The number of para-hydroxylation sites is 1. The summed E-state index contributed by atoms with van der Waals surface area (Å²) in [4.78, 5) is 24.6. The molecule has 0 spiro atoms. The van der Waals surface area contributed by atoms with E-state index in [4.69, 9.17) is 9.47 Å². The van der Waals surface area contributed by atoms with Gasteiger partial charge in [-0.2, -0.15) is 11.8 Å². The zero-order valence-electron chi connectivity index (χ0n) is 19.1. The Morgan fingerprint density at radius 1 is 1.09 bits per heavy atom. The maximum Gasteiger partial charge on any atom is 0.239 e. The molecule has 0 saturated heterocycles. The lowest BCUT2D eigenvalue weighted by atomic mass is 10.1. The number of anilines is 2. The summed E-state index contributed by atoms with van der Waals surface area (Å²) >= 11 is 1.41. The Labute approximate surface area is 203 Å². The number of fused-ring (bicyclic) bond motifs is 1. The predicted molar refractivity (Wildman–Crippen MR) is 136 cm³/mol. The monoisotopic (exact) mass is 477 g/mol. The van der Waals surface area contributed by atoms with Crippen LogP contribution in [0.5, 0.6) is 17.2 Å². The van der Waals surface area contributed by atoms with E-state index in [0.29, 0.717) is 19.4 Å². The van der Waals surface area contributed by atoms with Crippen molar-refractivity contribution in [1.82, 2.24) is 5.32 Å². The fraction of sp³-hybridized carbons (Fsp3) is 0.231. The third kappa shape index (κ3) is 5.63. The second-order valence-electron chi connectivity index (χ2n) is 7.87. The van der Waals surface area contributed by atoms with Gasteiger partial charge in [-0.3, -0.25) is 14.9 Å². The first-order valence-corrected chi connectivity index (χ1v) is 12.2. The molecule has 0 saturated carbocycles. The number of hydrogen-bond acceptors (Lipinski definition) is 7. The van der Waals surface area contributed by atoms with Crippen molar-refractivity contribution in [2.24, 2.45) is 0 Å². The van der Waals surface area contributed by atoms with E-state index >= 15 is 0 Å². The number of likely N-dealkylation sites (N-methyl/N-ethyl adjacent to an activating group) is 1. The molecule has 2 N–H and O–H groups in total. The smallest absolute Gasteiger partial charge is 0.239 e. The van der Waals surface area contributed by atoms with E-state index < -0.39 is 0 Å². The van der Waals surface area contributed by atoms with Gasteiger partial charge in [0.15, 0.2) is 0 Å². The summed E-state index contributed by atoms with van der Waals surface area (Å²) in [5.41, 5.74) is 3.08. The Balaban J connectivity index is 1.32. The maximum absolute atomic E-state index is 11.9. The van der Waals surface area contributed by atoms with E-state index in [0.717, 1.165) is 34.2 Å². The van der Waals surface area contributed by atoms with Gasteiger partial charge in [-0.25, -0.2) is 0 Å². The van der Waals surface area contributed by atoms with Gasteiger partial charge in [0.1, 0.15) is 30.0 Å². The van der Waals surface area contributed by atoms with Crippen molar-refractivity contribution in [1.29, 1.82) is 0 Å². The minimum Gasteiger partial charge on any atom is -0.489 e. The van der Waals surface area contributed by atoms with Crippen LogP contribution in [0.3, 0.4) is 0 Å². The van der Waals surface area contributed by atoms with Gasteiger partial charge in [-0.1, -0.05) is 30.3 Å². The van der Waals surface area contributed by atoms with Gasteiger partial charge in [0.05, 0.1) is 16.6 Å². The third-order valence-corrected chi connectivity index (χ3v) is 6.60. The van der Waals surface area contributed by atoms with Crippen LogP contribution >= 0.6 is 11.8 Å². The lowest BCUT2D eigenvalue weighted by Gasteiger charge is -2.22. The lowest BCUT2D eigenvalue weighted by molar-refractivity contribution is -0.124. The van der Waals surface area contributed by atoms with Gasteiger partial charge in [-0.15, -0.1) is 0 Å². The van der Waals surface area contributed by atoms with Crippen LogP contribution in [0, 0.1) is 0 Å². The molecule has 0 bridgehead atoms. The standard InChI is InChI=1S/C26H27N3O4S/c1-29-23-15-21(33-20-6-4-3-5-7-20)12-13-22(23)28-25(29)16-32-19-10-8-18(9-11-19)14-24(34-2)26(31)27-17-30/h3-13,15,17,24-25,28H,14,16H2,1-2H3,(H,27,30,31). The molecule has 176 valence electrons. The van der Waals surface area contributed by atoms with Crippen LogP contribution in [0.1, 0.15) is 5.56 Å². The molecule has 3 aromatic rings. The summed E-state index contributed by atoms with van der Waals surface area (Å²) in [6.45, 7) is 0.453. The van der Waals surface area contributed by atoms with Crippen LogP contribution in [-0.4, -0.2) is 43.6 Å². The van der Waals surface area contributed by atoms with Gasteiger partial charge in [0.25, 0.3) is 0 Å². The highest BCUT2D eigenvalue weighted by molar-refractivity contribution is 7.99. The highest BCUT2D eigenvalue weighted by atomic mass is 32.2. The molecule has 1 aliphatic heterocycles. The average molecular weight is 478 g/mol. The molecule has 0 aliphatic carbocycles. The molecule has 3 aromatic carbocycles. The summed E-state index contributed by atoms with van der Waals surface area (Å²) < 4.78 is 12.0. The second kappa shape index (κ2) is 11.0. The molecule has 0 radical (unpaired) electrons. The highest BCUT2D eigenvalue weighted by Gasteiger charge is 2.27. The van der Waals surface area contributed by atoms with E-state index in [2.05, 4.69) is 15.5 Å². The molecule has 34 heavy (non-hydrogen) atoms. The van der Waals surface area contributed by atoms with Crippen LogP contribution in [0.15, 0.2) is 72.8 Å². The van der Waals surface area contributed by atoms with E-state index in [9.17, 15) is 9.59 Å². The van der Waals surface area contributed by atoms with Gasteiger partial charge >= 0.3 is 0 Å². The molecular formula is C26H27N3O4S. The number of imide groups is 1. The number of rotatable bonds is 10. The zero-order valence-corrected chi connectivity index (χ0v) is 19.9. The molecule has 1 heterocycles. The van der Waals surface area contributed by atoms with E-state index in [1.807, 2.05) is 86.1 Å². The SMILES string of the molecule is CSC(Cc1ccc(OCC2Nc3ccc(Oc4ccccc4)cc3N2C)cc1)C(=O)NC=O. The van der Waals surface area contributed by atoms with Crippen LogP contribution in [0.25, 0.3) is 0 Å². The number of hydrogen-bond donors (Lipinski definition) is 2. The summed E-state index contributed by atoms with van der Waals surface area (Å²) in [6, 6.07) is 23.4. The minimum atomic E-state index is -0.317. The first kappa shape index (κ1) is 23.5. The molecule has 7 nitrogen and oxygen atoms in total. The van der Waals surface area contributed by atoms with Crippen molar-refractivity contribution in [2.45, 2.75) is 17.8 Å². The van der Waals surface area contributed by atoms with Gasteiger partial charge in [-0.05, 0) is 54.6 Å². The van der Waals surface area contributed by atoms with Crippen molar-refractivity contribution in [2.75, 3.05) is 30.1 Å². The van der Waals surface area contributed by atoms with Crippen LogP contribution in [0.4, 0.5) is 11.4 Å². The quantitative estimate of drug-likeness (QED) is 0.422. The van der Waals surface area contributed by atoms with Gasteiger partial charge in [0.2, 0.25) is 12.3 Å². The Bertz CT molecular complexity index is 1120. The molecule has 2 atom stereocenters. The van der Waals surface area contributed by atoms with Crippen molar-refractivity contribution < 1.29 is 19.1 Å². The number of nitrogens with zero attached hydrogens (tertiary/aromatic N) is 1. The number of carbonyl (C=O) groups excluding carboxylic acids is 2. The first-order chi connectivity index (χ1) is 16.6. The largest absolute Gasteiger partial charge is 0.489 e. The van der Waals surface area contributed by atoms with E-state index in [1.54, 1.807) is 0 Å². The Kier molecular flexibility index (Phi) is 7.59. The van der Waals surface area contributed by atoms with Gasteiger partial charge in [0, 0.05) is 13.1 Å². The fourth-order valence-corrected chi connectivity index (χ4v) is 4.40. The minimum absolute atomic E-state index is 0.0189. The van der Waals surface area contributed by atoms with Crippen LogP contribution < -0.4 is 25.0 Å². The molecule has 1 aliphatic rings. The van der Waals surface area contributed by atoms with Crippen molar-refractivity contribution in [3.8, 4) is 17.2 Å². The second-order valence-corrected chi connectivity index (χ2v) is 8.92. The summed E-state index contributed by atoms with van der Waals surface area (Å²) in [5, 5.41) is 5.39. The maximum atomic E-state index is 11.9. The van der Waals surface area contributed by atoms with Crippen molar-refractivity contribution >= 4 is 35.5 Å². The number of carbonyl (C=O) groups is 2. The van der Waals surface area contributed by atoms with Crippen molar-refractivity contribution in [3.63, 3.8) is 0 Å². The lowest BCUT2D eigenvalue weighted by Crippen LogP contribution is -2.37. The van der Waals surface area contributed by atoms with Crippen LogP contribution in [-0.2, 0) is 16.0 Å². The van der Waals surface area contributed by atoms with Gasteiger partial charge < -0.3 is 19.7 Å². The Morgan fingerprint density at radius 3 is 2.53 bits per heavy atom. The fourth-order valence-electron chi connectivity index (χ4n) is 3.76. The normalized spacial score (nSPS) is 15.1. The Hall–Kier alpha value is -3.65. The number of thioether (sulfide) groups is 1. The molecule has 4 rings (SSSR count). The number of ether oxygens (including phenoxy) is 2. The molecule has 2 unspecified atom stereocenters. The highest BCUT2D eigenvalue weighted by Crippen LogP contribution is 2.37. The number of nitrogens with one attached hydrogen (secondary N) is 2. The summed E-state index contributed by atoms with van der Waals surface area (Å²) in [7, 11) is 2.02. The average Bonchev–Trinajstić information content (AvgIpc) is 3.17. The molecule has 2 amide bonds. The zero-order chi connectivity index (χ0) is 23.9. The summed E-state index contributed by atoms with van der Waals surface area (Å²) in [5.74, 6) is 2.05. The predicted octanol–water partition coefficient (Wildman–Crippen LogP) is 4.29.